The Kier molecular flexibility index (Phi) is 7.49. The van der Waals surface area contributed by atoms with Crippen molar-refractivity contribution in [1.29, 1.82) is 0 Å². The summed E-state index contributed by atoms with van der Waals surface area (Å²) >= 11 is 1.38. The Bertz CT molecular complexity index is 1350. The van der Waals surface area contributed by atoms with Gasteiger partial charge in [-0.1, -0.05) is 103 Å². The van der Waals surface area contributed by atoms with Crippen LogP contribution in [0, 0.1) is 0 Å². The molecule has 0 aliphatic carbocycles. The highest BCUT2D eigenvalue weighted by molar-refractivity contribution is 7.99. The molecule has 0 radical (unpaired) electrons. The Morgan fingerprint density at radius 1 is 0.806 bits per heavy atom. The van der Waals surface area contributed by atoms with Crippen LogP contribution in [0.4, 0.5) is 0 Å². The molecule has 0 atom stereocenters. The Morgan fingerprint density at radius 2 is 1.44 bits per heavy atom. The highest BCUT2D eigenvalue weighted by Gasteiger charge is 2.19. The molecule has 0 bridgehead atoms. The van der Waals surface area contributed by atoms with Gasteiger partial charge in [0.2, 0.25) is 5.91 Å². The molecule has 1 N–H and O–H groups in total. The van der Waals surface area contributed by atoms with E-state index in [1.54, 1.807) is 12.4 Å². The number of hydrogen-bond acceptors (Lipinski definition) is 5. The number of thioether (sulfide) groups is 1. The lowest BCUT2D eigenvalue weighted by atomic mass is 9.99. The number of hydrogen-bond donors (Lipinski definition) is 1. The van der Waals surface area contributed by atoms with Gasteiger partial charge in [0, 0.05) is 18.0 Å². The second-order valence-electron chi connectivity index (χ2n) is 8.23. The molecule has 2 aromatic heterocycles. The molecule has 0 saturated carbocycles. The third kappa shape index (κ3) is 5.70. The highest BCUT2D eigenvalue weighted by atomic mass is 32.2. The highest BCUT2D eigenvalue weighted by Crippen LogP contribution is 2.26. The van der Waals surface area contributed by atoms with Crippen LogP contribution in [0.15, 0.2) is 121 Å². The molecule has 36 heavy (non-hydrogen) atoms. The van der Waals surface area contributed by atoms with Gasteiger partial charge in [0.25, 0.3) is 0 Å². The zero-order valence-corrected chi connectivity index (χ0v) is 20.4. The molecule has 0 saturated heterocycles. The largest absolute Gasteiger partial charge is 0.344 e. The van der Waals surface area contributed by atoms with Crippen LogP contribution in [0.5, 0.6) is 0 Å². The van der Waals surface area contributed by atoms with Crippen LogP contribution in [0.1, 0.15) is 22.7 Å². The third-order valence-corrected chi connectivity index (χ3v) is 6.69. The van der Waals surface area contributed by atoms with Crippen LogP contribution in [-0.4, -0.2) is 31.4 Å². The fraction of sp³-hybridized carbons (Fsp3) is 0.103. The smallest absolute Gasteiger partial charge is 0.231 e. The first kappa shape index (κ1) is 23.5. The molecule has 0 aliphatic heterocycles. The lowest BCUT2D eigenvalue weighted by molar-refractivity contribution is -0.119. The zero-order chi connectivity index (χ0) is 24.6. The minimum absolute atomic E-state index is 0.0742. The number of nitrogens with zero attached hydrogens (tertiary/aromatic N) is 4. The summed E-state index contributed by atoms with van der Waals surface area (Å²) in [6.45, 7) is 0.596. The van der Waals surface area contributed by atoms with Gasteiger partial charge in [-0.15, -0.1) is 10.2 Å². The maximum atomic E-state index is 13.1. The van der Waals surface area contributed by atoms with Gasteiger partial charge in [-0.2, -0.15) is 0 Å². The van der Waals surface area contributed by atoms with Crippen LogP contribution < -0.4 is 5.32 Å². The number of aromatic nitrogens is 4. The van der Waals surface area contributed by atoms with E-state index in [0.717, 1.165) is 28.1 Å². The predicted octanol–water partition coefficient (Wildman–Crippen LogP) is 5.39. The van der Waals surface area contributed by atoms with Crippen molar-refractivity contribution in [1.82, 2.24) is 25.1 Å². The maximum Gasteiger partial charge on any atom is 0.231 e. The van der Waals surface area contributed by atoms with Crippen molar-refractivity contribution >= 4 is 17.7 Å². The van der Waals surface area contributed by atoms with Crippen LogP contribution in [0.2, 0.25) is 0 Å². The minimum atomic E-state index is -0.228. The van der Waals surface area contributed by atoms with Gasteiger partial charge in [-0.25, -0.2) is 0 Å². The molecule has 0 fully saturated rings. The summed E-state index contributed by atoms with van der Waals surface area (Å²) in [6.07, 6.45) is 3.51. The van der Waals surface area contributed by atoms with Crippen molar-refractivity contribution in [3.8, 4) is 11.4 Å². The van der Waals surface area contributed by atoms with E-state index in [0.29, 0.717) is 11.7 Å². The van der Waals surface area contributed by atoms with Gasteiger partial charge in [-0.3, -0.25) is 14.3 Å². The Hall–Kier alpha value is -4.23. The third-order valence-electron chi connectivity index (χ3n) is 5.72. The van der Waals surface area contributed by atoms with Crippen LogP contribution in [0.3, 0.4) is 0 Å². The lowest BCUT2D eigenvalue weighted by Gasteiger charge is -2.20. The number of nitrogens with one attached hydrogen (secondary N) is 1. The molecule has 7 heteroatoms. The van der Waals surface area contributed by atoms with Crippen molar-refractivity contribution in [3.05, 3.63) is 132 Å². The van der Waals surface area contributed by atoms with E-state index < -0.39 is 0 Å². The first-order valence-electron chi connectivity index (χ1n) is 11.7. The molecule has 0 aliphatic rings. The topological polar surface area (TPSA) is 72.7 Å². The lowest BCUT2D eigenvalue weighted by Crippen LogP contribution is -2.30. The molecule has 0 spiro atoms. The van der Waals surface area contributed by atoms with Crippen LogP contribution in [0.25, 0.3) is 11.4 Å². The Labute approximate surface area is 214 Å². The van der Waals surface area contributed by atoms with E-state index >= 15 is 0 Å². The normalized spacial score (nSPS) is 10.9. The molecule has 5 aromatic rings. The van der Waals surface area contributed by atoms with Crippen molar-refractivity contribution in [2.45, 2.75) is 17.7 Å². The standard InChI is InChI=1S/C29H25N5OS/c35-26(31-27(23-13-6-2-7-14-23)24-15-8-3-9-16-24)21-36-29-33-32-28(25-17-10-18-30-19-25)34(29)20-22-11-4-1-5-12-22/h1-19,27H,20-21H2,(H,31,35). The van der Waals surface area contributed by atoms with Crippen molar-refractivity contribution in [2.24, 2.45) is 0 Å². The van der Waals surface area contributed by atoms with Crippen molar-refractivity contribution in [3.63, 3.8) is 0 Å². The molecule has 3 aromatic carbocycles. The first-order valence-corrected chi connectivity index (χ1v) is 12.7. The molecule has 178 valence electrons. The van der Waals surface area contributed by atoms with E-state index in [1.807, 2.05) is 95.6 Å². The molecule has 1 amide bonds. The maximum absolute atomic E-state index is 13.1. The quantitative estimate of drug-likeness (QED) is 0.280. The second kappa shape index (κ2) is 11.5. The summed E-state index contributed by atoms with van der Waals surface area (Å²) < 4.78 is 2.04. The number of rotatable bonds is 9. The number of benzene rings is 3. The minimum Gasteiger partial charge on any atom is -0.344 e. The second-order valence-corrected chi connectivity index (χ2v) is 9.17. The average molecular weight is 492 g/mol. The van der Waals surface area contributed by atoms with Gasteiger partial charge in [0.05, 0.1) is 18.3 Å². The van der Waals surface area contributed by atoms with Gasteiger partial charge in [0.1, 0.15) is 0 Å². The molecular weight excluding hydrogens is 466 g/mol. The summed E-state index contributed by atoms with van der Waals surface area (Å²) in [5, 5.41) is 12.7. The number of carbonyl (C=O) groups is 1. The van der Waals surface area contributed by atoms with E-state index in [2.05, 4.69) is 32.6 Å². The van der Waals surface area contributed by atoms with Gasteiger partial charge in [0.15, 0.2) is 11.0 Å². The van der Waals surface area contributed by atoms with Crippen molar-refractivity contribution in [2.75, 3.05) is 5.75 Å². The summed E-state index contributed by atoms with van der Waals surface area (Å²) in [6, 6.07) is 33.8. The number of amides is 1. The monoisotopic (exact) mass is 491 g/mol. The van der Waals surface area contributed by atoms with Gasteiger partial charge >= 0.3 is 0 Å². The first-order chi connectivity index (χ1) is 17.8. The molecular formula is C29H25N5OS. The fourth-order valence-electron chi connectivity index (χ4n) is 4.00. The zero-order valence-electron chi connectivity index (χ0n) is 19.6. The Morgan fingerprint density at radius 3 is 2.06 bits per heavy atom. The Balaban J connectivity index is 1.36. The van der Waals surface area contributed by atoms with Crippen LogP contribution in [-0.2, 0) is 11.3 Å². The fourth-order valence-corrected chi connectivity index (χ4v) is 4.74. The molecule has 6 nitrogen and oxygen atoms in total. The average Bonchev–Trinajstić information content (AvgIpc) is 3.34. The van der Waals surface area contributed by atoms with E-state index in [9.17, 15) is 4.79 Å². The number of pyridine rings is 1. The van der Waals surface area contributed by atoms with E-state index in [4.69, 9.17) is 0 Å². The van der Waals surface area contributed by atoms with Crippen molar-refractivity contribution < 1.29 is 4.79 Å². The number of carbonyl (C=O) groups excluding carboxylic acids is 1. The molecule has 0 unspecified atom stereocenters. The summed E-state index contributed by atoms with van der Waals surface area (Å²) in [4.78, 5) is 17.4. The SMILES string of the molecule is O=C(CSc1nnc(-c2cccnc2)n1Cc1ccccc1)NC(c1ccccc1)c1ccccc1. The summed E-state index contributed by atoms with van der Waals surface area (Å²) in [5.74, 6) is 0.868. The summed E-state index contributed by atoms with van der Waals surface area (Å²) in [7, 11) is 0. The van der Waals surface area contributed by atoms with Gasteiger partial charge < -0.3 is 5.32 Å². The molecule has 2 heterocycles. The van der Waals surface area contributed by atoms with E-state index in [-0.39, 0.29) is 17.7 Å². The predicted molar refractivity (Wildman–Crippen MR) is 142 cm³/mol. The summed E-state index contributed by atoms with van der Waals surface area (Å²) in [5.41, 5.74) is 4.08. The molecule has 5 rings (SSSR count). The van der Waals surface area contributed by atoms with Gasteiger partial charge in [-0.05, 0) is 28.8 Å². The van der Waals surface area contributed by atoms with Crippen LogP contribution >= 0.6 is 11.8 Å². The van der Waals surface area contributed by atoms with E-state index in [1.165, 1.54) is 11.8 Å².